The van der Waals surface area contributed by atoms with Crippen molar-refractivity contribution in [2.24, 2.45) is 11.8 Å². The lowest BCUT2D eigenvalue weighted by Gasteiger charge is -2.18. The van der Waals surface area contributed by atoms with E-state index in [1.165, 1.54) is 231 Å². The van der Waals surface area contributed by atoms with Crippen LogP contribution in [-0.2, 0) is 28.6 Å². The lowest BCUT2D eigenvalue weighted by atomic mass is 9.99. The highest BCUT2D eigenvalue weighted by atomic mass is 16.6. The van der Waals surface area contributed by atoms with Gasteiger partial charge in [0, 0.05) is 19.3 Å². The second-order valence-corrected chi connectivity index (χ2v) is 21.7. The molecule has 0 saturated carbocycles. The van der Waals surface area contributed by atoms with Crippen LogP contribution in [0.15, 0.2) is 0 Å². The van der Waals surface area contributed by atoms with Gasteiger partial charge in [-0.25, -0.2) is 0 Å². The Morgan fingerprint density at radius 2 is 0.567 bits per heavy atom. The maximum absolute atomic E-state index is 12.9. The summed E-state index contributed by atoms with van der Waals surface area (Å²) in [7, 11) is 0. The molecule has 0 aromatic rings. The van der Waals surface area contributed by atoms with Crippen LogP contribution in [0.4, 0.5) is 0 Å². The number of carbonyl (C=O) groups is 3. The van der Waals surface area contributed by atoms with Crippen LogP contribution in [0.5, 0.6) is 0 Å². The van der Waals surface area contributed by atoms with Gasteiger partial charge in [-0.05, 0) is 31.1 Å². The lowest BCUT2D eigenvalue weighted by Crippen LogP contribution is -2.30. The predicted octanol–water partition coefficient (Wildman–Crippen LogP) is 20.0. The largest absolute Gasteiger partial charge is 0.462 e. The molecule has 0 radical (unpaired) electrons. The zero-order valence-corrected chi connectivity index (χ0v) is 46.0. The molecule has 2 atom stereocenters. The van der Waals surface area contributed by atoms with E-state index in [1.807, 2.05) is 0 Å². The summed E-state index contributed by atoms with van der Waals surface area (Å²) >= 11 is 0. The van der Waals surface area contributed by atoms with Crippen LogP contribution in [0.1, 0.15) is 343 Å². The van der Waals surface area contributed by atoms with Gasteiger partial charge in [0.25, 0.3) is 0 Å². The molecule has 0 spiro atoms. The van der Waals surface area contributed by atoms with Crippen LogP contribution < -0.4 is 0 Å². The highest BCUT2D eigenvalue weighted by Gasteiger charge is 2.19. The zero-order chi connectivity index (χ0) is 48.9. The van der Waals surface area contributed by atoms with Gasteiger partial charge >= 0.3 is 17.9 Å². The van der Waals surface area contributed by atoms with E-state index >= 15 is 0 Å². The molecule has 6 nitrogen and oxygen atoms in total. The van der Waals surface area contributed by atoms with Gasteiger partial charge in [0.15, 0.2) is 6.10 Å². The summed E-state index contributed by atoms with van der Waals surface area (Å²) in [4.78, 5) is 38.2. The number of esters is 3. The Kier molecular flexibility index (Phi) is 52.5. The van der Waals surface area contributed by atoms with Gasteiger partial charge in [0.1, 0.15) is 13.2 Å². The Bertz CT molecular complexity index is 1030. The fraction of sp³-hybridized carbons (Fsp3) is 0.951. The van der Waals surface area contributed by atoms with E-state index in [2.05, 4.69) is 34.6 Å². The molecule has 0 aliphatic heterocycles. The van der Waals surface area contributed by atoms with Crippen LogP contribution in [-0.4, -0.2) is 37.2 Å². The third kappa shape index (κ3) is 53.6. The summed E-state index contributed by atoms with van der Waals surface area (Å²) in [6.45, 7) is 11.5. The second kappa shape index (κ2) is 53.8. The molecule has 1 unspecified atom stereocenters. The smallest absolute Gasteiger partial charge is 0.306 e. The van der Waals surface area contributed by atoms with Crippen molar-refractivity contribution < 1.29 is 28.6 Å². The van der Waals surface area contributed by atoms with E-state index in [1.54, 1.807) is 0 Å². The highest BCUT2D eigenvalue weighted by Crippen LogP contribution is 2.19. The summed E-state index contributed by atoms with van der Waals surface area (Å²) in [6.07, 6.45) is 58.0. The predicted molar refractivity (Wildman–Crippen MR) is 289 cm³/mol. The first kappa shape index (κ1) is 65.4. The minimum atomic E-state index is -0.763. The first-order valence-electron chi connectivity index (χ1n) is 30.3. The molecule has 0 bridgehead atoms. The van der Waals surface area contributed by atoms with Crippen molar-refractivity contribution in [1.29, 1.82) is 0 Å². The summed E-state index contributed by atoms with van der Waals surface area (Å²) in [5, 5.41) is 0. The Hall–Kier alpha value is -1.59. The Morgan fingerprint density at radius 1 is 0.313 bits per heavy atom. The number of ether oxygens (including phenoxy) is 3. The lowest BCUT2D eigenvalue weighted by molar-refractivity contribution is -0.167. The first-order valence-corrected chi connectivity index (χ1v) is 30.3. The van der Waals surface area contributed by atoms with E-state index in [-0.39, 0.29) is 31.1 Å². The monoisotopic (exact) mass is 947 g/mol. The molecular weight excluding hydrogens is 829 g/mol. The van der Waals surface area contributed by atoms with Gasteiger partial charge in [0.2, 0.25) is 0 Å². The molecule has 0 fully saturated rings. The number of hydrogen-bond acceptors (Lipinski definition) is 6. The van der Waals surface area contributed by atoms with Gasteiger partial charge in [0.05, 0.1) is 0 Å². The molecule has 0 aliphatic carbocycles. The van der Waals surface area contributed by atoms with Crippen LogP contribution in [0.3, 0.4) is 0 Å². The zero-order valence-electron chi connectivity index (χ0n) is 46.0. The fourth-order valence-corrected chi connectivity index (χ4v) is 9.37. The molecule has 0 rings (SSSR count). The molecule has 0 aliphatic rings. The summed E-state index contributed by atoms with van der Waals surface area (Å²) in [5.74, 6) is 0.904. The third-order valence-corrected chi connectivity index (χ3v) is 14.3. The van der Waals surface area contributed by atoms with Gasteiger partial charge in [-0.1, -0.05) is 304 Å². The normalized spacial score (nSPS) is 12.4. The van der Waals surface area contributed by atoms with Crippen LogP contribution >= 0.6 is 0 Å². The maximum Gasteiger partial charge on any atom is 0.306 e. The highest BCUT2D eigenvalue weighted by molar-refractivity contribution is 5.71. The van der Waals surface area contributed by atoms with E-state index in [0.717, 1.165) is 69.6 Å². The Labute approximate surface area is 418 Å². The number of hydrogen-bond donors (Lipinski definition) is 0. The molecule has 0 N–H and O–H groups in total. The third-order valence-electron chi connectivity index (χ3n) is 14.3. The Balaban J connectivity index is 4.30. The summed E-state index contributed by atoms with van der Waals surface area (Å²) in [6, 6.07) is 0. The maximum atomic E-state index is 12.9. The molecular formula is C61H118O6. The Morgan fingerprint density at radius 3 is 0.851 bits per heavy atom. The minimum Gasteiger partial charge on any atom is -0.462 e. The molecule has 0 saturated heterocycles. The van der Waals surface area contributed by atoms with E-state index in [4.69, 9.17) is 14.2 Å². The molecule has 6 heteroatoms. The van der Waals surface area contributed by atoms with Crippen molar-refractivity contribution >= 4 is 17.9 Å². The topological polar surface area (TPSA) is 78.9 Å². The van der Waals surface area contributed by atoms with E-state index in [9.17, 15) is 14.4 Å². The SMILES string of the molecule is CCCCCCCCCCCCCCCCC(=O)OC[C@H](COC(=O)CCCCCCCCCCCCCCCCC(C)C)OC(=O)CCCCCCCCCCCCCCCCC(C)CC. The first-order chi connectivity index (χ1) is 32.8. The fourth-order valence-electron chi connectivity index (χ4n) is 9.37. The summed E-state index contributed by atoms with van der Waals surface area (Å²) in [5.41, 5.74) is 0. The molecule has 0 heterocycles. The number of unbranched alkanes of at least 4 members (excludes halogenated alkanes) is 39. The standard InChI is InChI=1S/C61H118O6/c1-6-8-9-10-11-12-13-14-21-26-31-36-41-46-51-59(62)65-54-58(55-66-60(63)52-47-42-37-32-27-22-17-15-19-24-29-34-39-44-49-56(3)4)67-61(64)53-48-43-38-33-28-23-18-16-20-25-30-35-40-45-50-57(5)7-2/h56-58H,6-55H2,1-5H3/t57?,58-/m1/s1. The van der Waals surface area contributed by atoms with Gasteiger partial charge in [-0.2, -0.15) is 0 Å². The van der Waals surface area contributed by atoms with Crippen molar-refractivity contribution in [3.63, 3.8) is 0 Å². The molecule has 67 heavy (non-hydrogen) atoms. The average Bonchev–Trinajstić information content (AvgIpc) is 3.31. The minimum absolute atomic E-state index is 0.0622. The molecule has 0 aromatic heterocycles. The van der Waals surface area contributed by atoms with E-state index in [0.29, 0.717) is 19.3 Å². The van der Waals surface area contributed by atoms with Crippen molar-refractivity contribution in [1.82, 2.24) is 0 Å². The quantitative estimate of drug-likeness (QED) is 0.0343. The van der Waals surface area contributed by atoms with Crippen molar-refractivity contribution in [3.8, 4) is 0 Å². The molecule has 0 amide bonds. The molecule has 0 aromatic carbocycles. The van der Waals surface area contributed by atoms with Gasteiger partial charge in [-0.15, -0.1) is 0 Å². The van der Waals surface area contributed by atoms with E-state index < -0.39 is 6.10 Å². The number of rotatable bonds is 55. The van der Waals surface area contributed by atoms with Crippen LogP contribution in [0.2, 0.25) is 0 Å². The summed E-state index contributed by atoms with van der Waals surface area (Å²) < 4.78 is 16.9. The van der Waals surface area contributed by atoms with Crippen molar-refractivity contribution in [3.05, 3.63) is 0 Å². The second-order valence-electron chi connectivity index (χ2n) is 21.7. The van der Waals surface area contributed by atoms with Gasteiger partial charge in [-0.3, -0.25) is 14.4 Å². The van der Waals surface area contributed by atoms with Crippen LogP contribution in [0, 0.1) is 11.8 Å². The van der Waals surface area contributed by atoms with Crippen molar-refractivity contribution in [2.45, 2.75) is 349 Å². The van der Waals surface area contributed by atoms with Crippen LogP contribution in [0.25, 0.3) is 0 Å². The number of carbonyl (C=O) groups excluding carboxylic acids is 3. The molecule has 398 valence electrons. The average molecular weight is 948 g/mol. The van der Waals surface area contributed by atoms with Gasteiger partial charge < -0.3 is 14.2 Å². The van der Waals surface area contributed by atoms with Crippen molar-refractivity contribution in [2.75, 3.05) is 13.2 Å².